The molecular formula is C13H13N3O4. The molecule has 2 aromatic heterocycles. The molecule has 0 saturated heterocycles. The van der Waals surface area contributed by atoms with Crippen LogP contribution in [0.4, 0.5) is 0 Å². The maximum absolute atomic E-state index is 11.7. The largest absolute Gasteiger partial charge is 0.456 e. The van der Waals surface area contributed by atoms with Gasteiger partial charge in [0.2, 0.25) is 5.96 Å². The fourth-order valence-corrected chi connectivity index (χ4v) is 1.49. The predicted molar refractivity (Wildman–Crippen MR) is 69.5 cm³/mol. The Balaban J connectivity index is 1.92. The molecule has 2 rings (SSSR count). The molecule has 2 amide bonds. The second kappa shape index (κ2) is 5.43. The van der Waals surface area contributed by atoms with Gasteiger partial charge in [-0.2, -0.15) is 0 Å². The van der Waals surface area contributed by atoms with E-state index in [-0.39, 0.29) is 11.5 Å². The summed E-state index contributed by atoms with van der Waals surface area (Å²) >= 11 is 0. The van der Waals surface area contributed by atoms with E-state index in [1.807, 2.05) is 0 Å². The lowest BCUT2D eigenvalue weighted by Crippen LogP contribution is -2.42. The molecule has 0 bridgehead atoms. The molecule has 0 fully saturated rings. The minimum Gasteiger partial charge on any atom is -0.456 e. The quantitative estimate of drug-likeness (QED) is 0.571. The highest BCUT2D eigenvalue weighted by Crippen LogP contribution is 2.06. The third-order valence-corrected chi connectivity index (χ3v) is 2.41. The third-order valence-electron chi connectivity index (χ3n) is 2.41. The van der Waals surface area contributed by atoms with Gasteiger partial charge in [-0.05, 0) is 38.1 Å². The van der Waals surface area contributed by atoms with Crippen molar-refractivity contribution in [1.82, 2.24) is 10.6 Å². The first kappa shape index (κ1) is 13.6. The molecule has 0 aliphatic heterocycles. The summed E-state index contributed by atoms with van der Waals surface area (Å²) in [6.07, 6.45) is 0. The molecule has 2 aromatic rings. The van der Waals surface area contributed by atoms with Crippen molar-refractivity contribution in [3.05, 3.63) is 47.3 Å². The normalized spacial score (nSPS) is 10.1. The molecule has 0 aliphatic carbocycles. The van der Waals surface area contributed by atoms with Gasteiger partial charge in [-0.15, -0.1) is 0 Å². The van der Waals surface area contributed by atoms with Crippen LogP contribution in [0, 0.1) is 19.3 Å². The zero-order valence-electron chi connectivity index (χ0n) is 10.9. The van der Waals surface area contributed by atoms with Crippen molar-refractivity contribution in [3.63, 3.8) is 0 Å². The number of furan rings is 2. The number of hydrogen-bond acceptors (Lipinski definition) is 5. The van der Waals surface area contributed by atoms with Crippen molar-refractivity contribution in [3.8, 4) is 0 Å². The molecule has 7 nitrogen and oxygen atoms in total. The molecule has 7 heteroatoms. The van der Waals surface area contributed by atoms with Gasteiger partial charge in [0.05, 0.1) is 0 Å². The number of carbonyl (C=O) groups is 2. The van der Waals surface area contributed by atoms with Crippen molar-refractivity contribution < 1.29 is 18.4 Å². The van der Waals surface area contributed by atoms with Gasteiger partial charge in [0.25, 0.3) is 11.8 Å². The molecular weight excluding hydrogens is 262 g/mol. The van der Waals surface area contributed by atoms with Gasteiger partial charge in [-0.1, -0.05) is 0 Å². The average molecular weight is 275 g/mol. The second-order valence-electron chi connectivity index (χ2n) is 4.10. The Morgan fingerprint density at radius 1 is 0.900 bits per heavy atom. The minimum atomic E-state index is -0.612. The highest BCUT2D eigenvalue weighted by molar-refractivity contribution is 6.10. The van der Waals surface area contributed by atoms with Crippen LogP contribution in [0.3, 0.4) is 0 Å². The molecule has 0 aromatic carbocycles. The predicted octanol–water partition coefficient (Wildman–Crippen LogP) is 1.58. The van der Waals surface area contributed by atoms with E-state index in [0.29, 0.717) is 11.5 Å². The molecule has 0 atom stereocenters. The Labute approximate surface area is 114 Å². The topological polar surface area (TPSA) is 108 Å². The van der Waals surface area contributed by atoms with Crippen molar-refractivity contribution in [2.24, 2.45) is 0 Å². The summed E-state index contributed by atoms with van der Waals surface area (Å²) in [4.78, 5) is 23.3. The van der Waals surface area contributed by atoms with Gasteiger partial charge in [0, 0.05) is 0 Å². The Bertz CT molecular complexity index is 612. The molecule has 104 valence electrons. The third kappa shape index (κ3) is 3.14. The molecule has 2 heterocycles. The van der Waals surface area contributed by atoms with Crippen LogP contribution < -0.4 is 10.6 Å². The molecule has 0 saturated carbocycles. The van der Waals surface area contributed by atoms with Crippen LogP contribution in [0.1, 0.15) is 32.6 Å². The zero-order chi connectivity index (χ0) is 14.7. The maximum atomic E-state index is 11.7. The van der Waals surface area contributed by atoms with Crippen molar-refractivity contribution in [1.29, 1.82) is 5.41 Å². The average Bonchev–Trinajstić information content (AvgIpc) is 2.97. The second-order valence-corrected chi connectivity index (χ2v) is 4.10. The SMILES string of the molecule is Cc1ccc(C(=O)NC(=N)NC(=O)c2ccc(C)o2)o1. The highest BCUT2D eigenvalue weighted by atomic mass is 16.4. The number of nitrogens with one attached hydrogen (secondary N) is 3. The summed E-state index contributed by atoms with van der Waals surface area (Å²) in [7, 11) is 0. The highest BCUT2D eigenvalue weighted by Gasteiger charge is 2.15. The lowest BCUT2D eigenvalue weighted by atomic mass is 10.4. The van der Waals surface area contributed by atoms with Gasteiger partial charge < -0.3 is 8.83 Å². The van der Waals surface area contributed by atoms with Gasteiger partial charge in [-0.25, -0.2) is 0 Å². The number of amides is 2. The standard InChI is InChI=1S/C13H13N3O4/c1-7-3-5-9(19-7)11(17)15-13(14)16-12(18)10-6-4-8(2)20-10/h3-6H,1-2H3,(H3,14,15,16,17,18). The molecule has 0 radical (unpaired) electrons. The van der Waals surface area contributed by atoms with E-state index in [9.17, 15) is 9.59 Å². The summed E-state index contributed by atoms with van der Waals surface area (Å²) in [5, 5.41) is 11.9. The number of hydrogen-bond donors (Lipinski definition) is 3. The Kier molecular flexibility index (Phi) is 3.69. The van der Waals surface area contributed by atoms with Crippen molar-refractivity contribution in [2.45, 2.75) is 13.8 Å². The summed E-state index contributed by atoms with van der Waals surface area (Å²) < 4.78 is 10.2. The van der Waals surface area contributed by atoms with Crippen LogP contribution >= 0.6 is 0 Å². The fraction of sp³-hybridized carbons (Fsp3) is 0.154. The number of guanidine groups is 1. The van der Waals surface area contributed by atoms with Gasteiger partial charge in [0.1, 0.15) is 11.5 Å². The van der Waals surface area contributed by atoms with E-state index >= 15 is 0 Å². The van der Waals surface area contributed by atoms with Crippen LogP contribution in [0.15, 0.2) is 33.1 Å². The van der Waals surface area contributed by atoms with E-state index in [1.54, 1.807) is 26.0 Å². The van der Waals surface area contributed by atoms with Gasteiger partial charge in [0.15, 0.2) is 11.5 Å². The first-order chi connectivity index (χ1) is 9.45. The van der Waals surface area contributed by atoms with Crippen LogP contribution in [0.25, 0.3) is 0 Å². The summed E-state index contributed by atoms with van der Waals surface area (Å²) in [5.41, 5.74) is 0. The van der Waals surface area contributed by atoms with Crippen LogP contribution in [-0.2, 0) is 0 Å². The van der Waals surface area contributed by atoms with Crippen molar-refractivity contribution in [2.75, 3.05) is 0 Å². The summed E-state index contributed by atoms with van der Waals surface area (Å²) in [6.45, 7) is 3.40. The van der Waals surface area contributed by atoms with Crippen LogP contribution in [0.2, 0.25) is 0 Å². The summed E-state index contributed by atoms with van der Waals surface area (Å²) in [6, 6.07) is 6.22. The van der Waals surface area contributed by atoms with Gasteiger partial charge in [-0.3, -0.25) is 25.6 Å². The van der Waals surface area contributed by atoms with E-state index in [2.05, 4.69) is 10.6 Å². The van der Waals surface area contributed by atoms with E-state index in [1.165, 1.54) is 12.1 Å². The lowest BCUT2D eigenvalue weighted by Gasteiger charge is -2.05. The Morgan fingerprint density at radius 3 is 1.60 bits per heavy atom. The van der Waals surface area contributed by atoms with Crippen LogP contribution in [-0.4, -0.2) is 17.8 Å². The molecule has 3 N–H and O–H groups in total. The minimum absolute atomic E-state index is 0.0651. The van der Waals surface area contributed by atoms with E-state index in [0.717, 1.165) is 0 Å². The smallest absolute Gasteiger partial charge is 0.293 e. The number of aryl methyl sites for hydroxylation is 2. The molecule has 20 heavy (non-hydrogen) atoms. The van der Waals surface area contributed by atoms with E-state index in [4.69, 9.17) is 14.2 Å². The zero-order valence-corrected chi connectivity index (χ0v) is 10.9. The number of carbonyl (C=O) groups excluding carboxylic acids is 2. The Morgan fingerprint density at radius 2 is 1.30 bits per heavy atom. The van der Waals surface area contributed by atoms with Crippen molar-refractivity contribution >= 4 is 17.8 Å². The Hall–Kier alpha value is -2.83. The molecule has 0 unspecified atom stereocenters. The first-order valence-corrected chi connectivity index (χ1v) is 5.80. The molecule has 0 spiro atoms. The van der Waals surface area contributed by atoms with E-state index < -0.39 is 17.8 Å². The van der Waals surface area contributed by atoms with Gasteiger partial charge >= 0.3 is 0 Å². The first-order valence-electron chi connectivity index (χ1n) is 5.80. The van der Waals surface area contributed by atoms with Crippen LogP contribution in [0.5, 0.6) is 0 Å². The fourth-order valence-electron chi connectivity index (χ4n) is 1.49. The molecule has 0 aliphatic rings. The summed E-state index contributed by atoms with van der Waals surface area (Å²) in [5.74, 6) is -0.389. The lowest BCUT2D eigenvalue weighted by molar-refractivity contribution is 0.0936. The number of rotatable bonds is 2. The maximum Gasteiger partial charge on any atom is 0.293 e. The monoisotopic (exact) mass is 275 g/mol.